The van der Waals surface area contributed by atoms with Crippen LogP contribution in [0.1, 0.15) is 30.5 Å². The molecule has 3 aromatic carbocycles. The van der Waals surface area contributed by atoms with E-state index in [0.717, 1.165) is 11.1 Å². The molecule has 0 spiro atoms. The molecule has 1 amide bonds. The summed E-state index contributed by atoms with van der Waals surface area (Å²) in [5, 5.41) is 1.12. The second-order valence-electron chi connectivity index (χ2n) is 8.19. The number of aliphatic imine (C=N–C) groups is 1. The number of ether oxygens (including phenoxy) is 2. The van der Waals surface area contributed by atoms with Gasteiger partial charge in [-0.25, -0.2) is 4.99 Å². The van der Waals surface area contributed by atoms with Crippen molar-refractivity contribution in [2.45, 2.75) is 27.3 Å². The van der Waals surface area contributed by atoms with Crippen molar-refractivity contribution in [2.24, 2.45) is 4.99 Å². The van der Waals surface area contributed by atoms with Crippen molar-refractivity contribution < 1.29 is 23.9 Å². The summed E-state index contributed by atoms with van der Waals surface area (Å²) in [6.45, 7) is 4.86. The molecule has 1 heterocycles. The molecule has 0 atom stereocenters. The number of hydrogen-bond donors (Lipinski definition) is 0. The van der Waals surface area contributed by atoms with Crippen LogP contribution in [-0.2, 0) is 20.9 Å². The minimum Gasteiger partial charge on any atom is -0.423 e. The van der Waals surface area contributed by atoms with Gasteiger partial charge in [-0.05, 0) is 77.9 Å². The third kappa shape index (κ3) is 6.67. The topological polar surface area (TPSA) is 85.3 Å². The molecular formula is C28H23ClN2O5S. The first-order chi connectivity index (χ1) is 17.7. The first-order valence-corrected chi connectivity index (χ1v) is 12.5. The Balaban J connectivity index is 1.71. The second kappa shape index (κ2) is 11.5. The van der Waals surface area contributed by atoms with E-state index in [1.54, 1.807) is 47.4 Å². The summed E-state index contributed by atoms with van der Waals surface area (Å²) in [5.41, 5.74) is 3.32. The van der Waals surface area contributed by atoms with Crippen LogP contribution in [0.3, 0.4) is 0 Å². The normalized spacial score (nSPS) is 15.4. The molecule has 37 heavy (non-hydrogen) atoms. The zero-order valence-corrected chi connectivity index (χ0v) is 21.9. The van der Waals surface area contributed by atoms with Gasteiger partial charge in [-0.15, -0.1) is 0 Å². The Hall–Kier alpha value is -3.88. The second-order valence-corrected chi connectivity index (χ2v) is 9.64. The molecule has 4 rings (SSSR count). The molecule has 0 aliphatic carbocycles. The quantitative estimate of drug-likeness (QED) is 0.209. The fraction of sp³-hybridized carbons (Fsp3) is 0.143. The van der Waals surface area contributed by atoms with E-state index in [-0.39, 0.29) is 17.4 Å². The van der Waals surface area contributed by atoms with E-state index >= 15 is 0 Å². The molecule has 0 saturated carbocycles. The van der Waals surface area contributed by atoms with Gasteiger partial charge in [-0.3, -0.25) is 19.3 Å². The van der Waals surface area contributed by atoms with E-state index in [4.69, 9.17) is 26.1 Å². The fourth-order valence-corrected chi connectivity index (χ4v) is 4.68. The van der Waals surface area contributed by atoms with Crippen LogP contribution in [0.15, 0.2) is 76.6 Å². The Morgan fingerprint density at radius 3 is 2.32 bits per heavy atom. The maximum absolute atomic E-state index is 13.5. The number of halogens is 1. The van der Waals surface area contributed by atoms with E-state index in [1.165, 1.54) is 31.7 Å². The molecule has 9 heteroatoms. The van der Waals surface area contributed by atoms with Crippen molar-refractivity contribution in [1.29, 1.82) is 0 Å². The number of hydrogen-bond acceptors (Lipinski definition) is 7. The molecule has 0 aromatic heterocycles. The Morgan fingerprint density at radius 1 is 0.973 bits per heavy atom. The van der Waals surface area contributed by atoms with Gasteiger partial charge in [0, 0.05) is 18.9 Å². The summed E-state index contributed by atoms with van der Waals surface area (Å²) in [5.74, 6) is -1.12. The number of nitrogens with zero attached hydrogens (tertiary/aromatic N) is 2. The fourth-order valence-electron chi connectivity index (χ4n) is 3.55. The van der Waals surface area contributed by atoms with Crippen LogP contribution in [0.2, 0.25) is 5.02 Å². The minimum atomic E-state index is -0.564. The van der Waals surface area contributed by atoms with Crippen LogP contribution in [0.5, 0.6) is 11.5 Å². The number of benzene rings is 3. The molecule has 1 fully saturated rings. The van der Waals surface area contributed by atoms with E-state index < -0.39 is 11.9 Å². The predicted octanol–water partition coefficient (Wildman–Crippen LogP) is 6.30. The van der Waals surface area contributed by atoms with E-state index in [2.05, 4.69) is 0 Å². The molecule has 1 saturated heterocycles. The molecule has 0 bridgehead atoms. The lowest BCUT2D eigenvalue weighted by Gasteiger charge is -2.17. The van der Waals surface area contributed by atoms with Crippen LogP contribution in [-0.4, -0.2) is 27.9 Å². The number of esters is 2. The maximum atomic E-state index is 13.5. The molecule has 0 radical (unpaired) electrons. The number of aryl methyl sites for hydroxylation is 1. The summed E-state index contributed by atoms with van der Waals surface area (Å²) in [4.78, 5) is 43.3. The molecule has 7 nitrogen and oxygen atoms in total. The van der Waals surface area contributed by atoms with Crippen molar-refractivity contribution in [3.63, 3.8) is 0 Å². The van der Waals surface area contributed by atoms with E-state index in [0.29, 0.717) is 32.9 Å². The van der Waals surface area contributed by atoms with Gasteiger partial charge < -0.3 is 9.47 Å². The van der Waals surface area contributed by atoms with Crippen molar-refractivity contribution in [3.8, 4) is 11.5 Å². The molecule has 1 aliphatic heterocycles. The van der Waals surface area contributed by atoms with Crippen LogP contribution >= 0.6 is 23.4 Å². The third-order valence-corrected chi connectivity index (χ3v) is 6.56. The number of thioether (sulfide) groups is 1. The number of carbonyl (C=O) groups is 3. The van der Waals surface area contributed by atoms with Gasteiger partial charge in [0.15, 0.2) is 16.7 Å². The average molecular weight is 535 g/mol. The van der Waals surface area contributed by atoms with Crippen molar-refractivity contribution in [3.05, 3.63) is 93.3 Å². The van der Waals surface area contributed by atoms with Crippen molar-refractivity contribution >= 4 is 58.1 Å². The standard InChI is InChI=1S/C28H23ClN2O5S/c1-17-6-4-5-7-21(17)16-31-27(34)26(37-28(31)30-23-11-9-22(29)10-12-23)15-20-8-13-24(35-18(2)32)25(14-20)36-19(3)33/h4-15H,16H2,1-3H3/b26-15-,30-28?. The molecule has 188 valence electrons. The first kappa shape index (κ1) is 26.2. The van der Waals surface area contributed by atoms with Gasteiger partial charge in [-0.1, -0.05) is 41.9 Å². The number of amidine groups is 1. The van der Waals surface area contributed by atoms with Gasteiger partial charge in [0.2, 0.25) is 0 Å². The van der Waals surface area contributed by atoms with Crippen LogP contribution < -0.4 is 9.47 Å². The molecule has 3 aromatic rings. The molecular weight excluding hydrogens is 512 g/mol. The first-order valence-electron chi connectivity index (χ1n) is 11.3. The highest BCUT2D eigenvalue weighted by Crippen LogP contribution is 2.37. The largest absolute Gasteiger partial charge is 0.423 e. The smallest absolute Gasteiger partial charge is 0.308 e. The zero-order valence-electron chi connectivity index (χ0n) is 20.4. The van der Waals surface area contributed by atoms with Crippen molar-refractivity contribution in [1.82, 2.24) is 4.90 Å². The van der Waals surface area contributed by atoms with Gasteiger partial charge in [0.25, 0.3) is 5.91 Å². The summed E-state index contributed by atoms with van der Waals surface area (Å²) in [6, 6.07) is 19.7. The van der Waals surface area contributed by atoms with E-state index in [9.17, 15) is 14.4 Å². The van der Waals surface area contributed by atoms with Crippen LogP contribution in [0.4, 0.5) is 5.69 Å². The molecule has 1 aliphatic rings. The van der Waals surface area contributed by atoms with Crippen LogP contribution in [0.25, 0.3) is 6.08 Å². The molecule has 0 N–H and O–H groups in total. The number of carbonyl (C=O) groups excluding carboxylic acids is 3. The lowest BCUT2D eigenvalue weighted by molar-refractivity contribution is -0.134. The van der Waals surface area contributed by atoms with Crippen LogP contribution in [0, 0.1) is 6.92 Å². The highest BCUT2D eigenvalue weighted by atomic mass is 35.5. The highest BCUT2D eigenvalue weighted by molar-refractivity contribution is 8.18. The minimum absolute atomic E-state index is 0.0827. The SMILES string of the molecule is CC(=O)Oc1ccc(/C=C2\SC(=Nc3ccc(Cl)cc3)N(Cc3ccccc3C)C2=O)cc1OC(C)=O. The summed E-state index contributed by atoms with van der Waals surface area (Å²) in [7, 11) is 0. The Labute approximate surface area is 223 Å². The monoisotopic (exact) mass is 534 g/mol. The average Bonchev–Trinajstić information content (AvgIpc) is 3.12. The maximum Gasteiger partial charge on any atom is 0.308 e. The number of amides is 1. The van der Waals surface area contributed by atoms with Gasteiger partial charge >= 0.3 is 11.9 Å². The Bertz CT molecular complexity index is 1430. The summed E-state index contributed by atoms with van der Waals surface area (Å²) in [6.07, 6.45) is 1.69. The number of rotatable bonds is 6. The zero-order chi connectivity index (χ0) is 26.5. The summed E-state index contributed by atoms with van der Waals surface area (Å²) < 4.78 is 10.4. The van der Waals surface area contributed by atoms with Crippen molar-refractivity contribution in [2.75, 3.05) is 0 Å². The highest BCUT2D eigenvalue weighted by Gasteiger charge is 2.34. The molecule has 0 unspecified atom stereocenters. The van der Waals surface area contributed by atoms with Gasteiger partial charge in [0.1, 0.15) is 0 Å². The third-order valence-electron chi connectivity index (χ3n) is 5.30. The van der Waals surface area contributed by atoms with E-state index in [1.807, 2.05) is 31.2 Å². The lowest BCUT2D eigenvalue weighted by Crippen LogP contribution is -2.28. The van der Waals surface area contributed by atoms with Gasteiger partial charge in [-0.2, -0.15) is 0 Å². The predicted molar refractivity (Wildman–Crippen MR) is 145 cm³/mol. The Kier molecular flexibility index (Phi) is 8.11. The summed E-state index contributed by atoms with van der Waals surface area (Å²) >= 11 is 7.26. The van der Waals surface area contributed by atoms with Gasteiger partial charge in [0.05, 0.1) is 17.1 Å². The lowest BCUT2D eigenvalue weighted by atomic mass is 10.1. The Morgan fingerprint density at radius 2 is 1.65 bits per heavy atom.